The molecule has 4 unspecified atom stereocenters. The molecular weight excluding hydrogens is 211 g/mol. The van der Waals surface area contributed by atoms with Crippen molar-refractivity contribution in [3.05, 3.63) is 0 Å². The smallest absolute Gasteiger partial charge is 0.206 e. The first-order valence-corrected chi connectivity index (χ1v) is 7.79. The zero-order chi connectivity index (χ0) is 10.8. The van der Waals surface area contributed by atoms with Gasteiger partial charge < -0.3 is 4.52 Å². The van der Waals surface area contributed by atoms with Gasteiger partial charge in [-0.1, -0.05) is 0 Å². The fourth-order valence-corrected chi connectivity index (χ4v) is 6.53. The van der Waals surface area contributed by atoms with Crippen LogP contribution in [0.5, 0.6) is 0 Å². The highest BCUT2D eigenvalue weighted by molar-refractivity contribution is 7.60. The molecule has 0 N–H and O–H groups in total. The van der Waals surface area contributed by atoms with E-state index in [0.717, 1.165) is 12.8 Å². The number of hydrogen-bond acceptors (Lipinski definition) is 3. The van der Waals surface area contributed by atoms with Crippen LogP contribution in [-0.2, 0) is 13.9 Å². The van der Waals surface area contributed by atoms with Crippen LogP contribution in [0, 0.1) is 17.8 Å². The Morgan fingerprint density at radius 1 is 1.47 bits per heavy atom. The quantitative estimate of drug-likeness (QED) is 0.597. The van der Waals surface area contributed by atoms with E-state index >= 15 is 0 Å². The maximum absolute atomic E-state index is 12.5. The molecule has 3 nitrogen and oxygen atoms in total. The van der Waals surface area contributed by atoms with Crippen molar-refractivity contribution in [1.82, 2.24) is 0 Å². The predicted octanol–water partition coefficient (Wildman–Crippen LogP) is 2.30. The minimum absolute atomic E-state index is 0.0378. The number of rotatable bonds is 0. The van der Waals surface area contributed by atoms with Crippen molar-refractivity contribution in [3.8, 4) is 0 Å². The third kappa shape index (κ3) is 1.01. The highest BCUT2D eigenvalue weighted by Gasteiger charge is 2.65. The maximum Gasteiger partial charge on any atom is 0.206 e. The summed E-state index contributed by atoms with van der Waals surface area (Å²) in [5.41, 5.74) is 0. The molecule has 1 saturated heterocycles. The van der Waals surface area contributed by atoms with E-state index in [2.05, 4.69) is 6.92 Å². The van der Waals surface area contributed by atoms with Crippen LogP contribution in [0.4, 0.5) is 0 Å². The summed E-state index contributed by atoms with van der Waals surface area (Å²) in [4.78, 5) is 11.8. The summed E-state index contributed by atoms with van der Waals surface area (Å²) in [6.07, 6.45) is 2.77. The summed E-state index contributed by atoms with van der Waals surface area (Å²) in [6.45, 7) is 4.26. The van der Waals surface area contributed by atoms with E-state index in [9.17, 15) is 9.36 Å². The van der Waals surface area contributed by atoms with E-state index in [1.807, 2.05) is 0 Å². The van der Waals surface area contributed by atoms with E-state index in [-0.39, 0.29) is 11.1 Å². The molecule has 0 aromatic carbocycles. The largest absolute Gasteiger partial charge is 0.327 e. The van der Waals surface area contributed by atoms with Crippen molar-refractivity contribution >= 4 is 13.2 Å². The molecule has 2 aliphatic carbocycles. The van der Waals surface area contributed by atoms with Crippen molar-refractivity contribution < 1.29 is 13.9 Å². The summed E-state index contributed by atoms with van der Waals surface area (Å²) < 4.78 is 18.1. The number of carbonyl (C=O) groups is 1. The molecule has 0 amide bonds. The minimum atomic E-state index is -2.52. The number of ketones is 1. The van der Waals surface area contributed by atoms with E-state index in [0.29, 0.717) is 30.6 Å². The predicted molar refractivity (Wildman–Crippen MR) is 57.2 cm³/mol. The van der Waals surface area contributed by atoms with Crippen LogP contribution in [0.3, 0.4) is 0 Å². The van der Waals surface area contributed by atoms with Gasteiger partial charge in [0.15, 0.2) is 0 Å². The fourth-order valence-electron chi connectivity index (χ4n) is 4.01. The Morgan fingerprint density at radius 2 is 2.20 bits per heavy atom. The van der Waals surface area contributed by atoms with Gasteiger partial charge in [-0.25, -0.2) is 0 Å². The van der Waals surface area contributed by atoms with E-state index in [1.54, 1.807) is 6.66 Å². The Morgan fingerprint density at radius 3 is 2.93 bits per heavy atom. The molecule has 3 aliphatic rings. The van der Waals surface area contributed by atoms with Gasteiger partial charge in [0, 0.05) is 19.0 Å². The lowest BCUT2D eigenvalue weighted by Gasteiger charge is -2.51. The van der Waals surface area contributed by atoms with Gasteiger partial charge in [-0.3, -0.25) is 9.36 Å². The molecule has 4 bridgehead atoms. The summed E-state index contributed by atoms with van der Waals surface area (Å²) in [7, 11) is -2.52. The third-order valence-corrected chi connectivity index (χ3v) is 8.21. The second kappa shape index (κ2) is 2.75. The topological polar surface area (TPSA) is 43.4 Å². The van der Waals surface area contributed by atoms with Crippen molar-refractivity contribution in [2.24, 2.45) is 17.8 Å². The van der Waals surface area contributed by atoms with Crippen LogP contribution < -0.4 is 0 Å². The maximum atomic E-state index is 12.5. The summed E-state index contributed by atoms with van der Waals surface area (Å²) in [5, 5.41) is -0.205. The Labute approximate surface area is 90.0 Å². The summed E-state index contributed by atoms with van der Waals surface area (Å²) in [5.74, 6) is 1.02. The molecule has 0 aromatic rings. The Hall–Kier alpha value is -0.140. The standard InChI is InChI=1S/C11H17O3P/c1-11-7-3-4-9(11)8(10(12)5-7)6-14-15(11,2)13/h7-9H,3-6H2,1-2H3/t7?,8-,9?,11?,15?/m1/s1. The van der Waals surface area contributed by atoms with Gasteiger partial charge in [-0.2, -0.15) is 0 Å². The lowest BCUT2D eigenvalue weighted by atomic mass is 9.71. The molecule has 4 heteroatoms. The monoisotopic (exact) mass is 228 g/mol. The average molecular weight is 228 g/mol. The van der Waals surface area contributed by atoms with Crippen LogP contribution >= 0.6 is 7.37 Å². The summed E-state index contributed by atoms with van der Waals surface area (Å²) >= 11 is 0. The van der Waals surface area contributed by atoms with Gasteiger partial charge >= 0.3 is 0 Å². The second-order valence-corrected chi connectivity index (χ2v) is 8.44. The highest BCUT2D eigenvalue weighted by Crippen LogP contribution is 2.73. The molecule has 5 atom stereocenters. The molecule has 3 rings (SSSR count). The van der Waals surface area contributed by atoms with Crippen LogP contribution in [0.1, 0.15) is 26.2 Å². The number of hydrogen-bond donors (Lipinski definition) is 0. The van der Waals surface area contributed by atoms with Crippen molar-refractivity contribution in [2.75, 3.05) is 13.3 Å². The van der Waals surface area contributed by atoms with Crippen molar-refractivity contribution in [3.63, 3.8) is 0 Å². The Bertz CT molecular complexity index is 378. The molecule has 1 heterocycles. The van der Waals surface area contributed by atoms with E-state index < -0.39 is 7.37 Å². The molecule has 3 fully saturated rings. The minimum Gasteiger partial charge on any atom is -0.327 e. The molecule has 0 aromatic heterocycles. The number of Topliss-reactive ketones (excluding diaryl/α,β-unsaturated/α-hetero) is 1. The van der Waals surface area contributed by atoms with E-state index in [1.165, 1.54) is 0 Å². The van der Waals surface area contributed by atoms with Gasteiger partial charge in [-0.05, 0) is 31.6 Å². The average Bonchev–Trinajstić information content (AvgIpc) is 2.40. The molecule has 15 heavy (non-hydrogen) atoms. The summed E-state index contributed by atoms with van der Waals surface area (Å²) in [6, 6.07) is 0. The first kappa shape index (κ1) is 10.0. The Kier molecular flexibility index (Phi) is 1.84. The van der Waals surface area contributed by atoms with Gasteiger partial charge in [0.05, 0.1) is 11.8 Å². The lowest BCUT2D eigenvalue weighted by Crippen LogP contribution is -2.52. The molecule has 1 aliphatic heterocycles. The van der Waals surface area contributed by atoms with Crippen LogP contribution in [0.25, 0.3) is 0 Å². The van der Waals surface area contributed by atoms with Crippen molar-refractivity contribution in [2.45, 2.75) is 31.3 Å². The van der Waals surface area contributed by atoms with Crippen LogP contribution in [0.2, 0.25) is 0 Å². The zero-order valence-electron chi connectivity index (χ0n) is 9.23. The zero-order valence-corrected chi connectivity index (χ0v) is 10.1. The molecule has 0 radical (unpaired) electrons. The van der Waals surface area contributed by atoms with Gasteiger partial charge in [0.1, 0.15) is 5.78 Å². The van der Waals surface area contributed by atoms with Crippen LogP contribution in [0.15, 0.2) is 0 Å². The molecule has 0 spiro atoms. The third-order valence-electron chi connectivity index (χ3n) is 5.13. The second-order valence-electron chi connectivity index (χ2n) is 5.53. The van der Waals surface area contributed by atoms with Crippen LogP contribution in [-0.4, -0.2) is 24.2 Å². The van der Waals surface area contributed by atoms with E-state index in [4.69, 9.17) is 4.52 Å². The normalized spacial score (nSPS) is 58.3. The first-order chi connectivity index (χ1) is 6.97. The SMILES string of the molecule is CC12C3CCC1[C@@H](COP2(C)=O)C(=O)C3. The highest BCUT2D eigenvalue weighted by atomic mass is 31.2. The Balaban J connectivity index is 2.14. The van der Waals surface area contributed by atoms with Gasteiger partial charge in [0.2, 0.25) is 7.37 Å². The van der Waals surface area contributed by atoms with Gasteiger partial charge in [0.25, 0.3) is 0 Å². The van der Waals surface area contributed by atoms with Crippen molar-refractivity contribution in [1.29, 1.82) is 0 Å². The lowest BCUT2D eigenvalue weighted by molar-refractivity contribution is -0.130. The number of carbonyl (C=O) groups excluding carboxylic acids is 1. The first-order valence-electron chi connectivity index (χ1n) is 5.71. The molecule has 84 valence electrons. The molecular formula is C11H17O3P. The van der Waals surface area contributed by atoms with Gasteiger partial charge in [-0.15, -0.1) is 0 Å². The molecule has 2 saturated carbocycles. The fraction of sp³-hybridized carbons (Fsp3) is 0.909.